The number of alkyl halides is 1. The first-order valence-corrected chi connectivity index (χ1v) is 6.72. The van der Waals surface area contributed by atoms with Crippen molar-refractivity contribution in [2.45, 2.75) is 26.3 Å². The standard InChI is InChI=1S/C12H22ClN3O2.ClH/c1-12(2,3)14-10(17)9-15-4-6-16(7-5-15)11(18)8-13;/h4-9H2,1-3H3,(H,14,17);1H/p-1. The second-order valence-electron chi connectivity index (χ2n) is 5.59. The van der Waals surface area contributed by atoms with E-state index in [0.717, 1.165) is 13.1 Å². The van der Waals surface area contributed by atoms with Gasteiger partial charge >= 0.3 is 0 Å². The number of carbonyl (C=O) groups excluding carboxylic acids is 2. The number of nitrogens with one attached hydrogen (secondary N) is 1. The van der Waals surface area contributed by atoms with Crippen LogP contribution in [0.1, 0.15) is 20.8 Å². The Kier molecular flexibility index (Phi) is 7.71. The summed E-state index contributed by atoms with van der Waals surface area (Å²) in [5.74, 6) is 0.0277. The molecule has 1 aliphatic heterocycles. The summed E-state index contributed by atoms with van der Waals surface area (Å²) in [6.07, 6.45) is 0. The molecule has 0 unspecified atom stereocenters. The summed E-state index contributed by atoms with van der Waals surface area (Å²) in [5.41, 5.74) is -0.201. The average Bonchev–Trinajstić information content (AvgIpc) is 2.26. The van der Waals surface area contributed by atoms with Crippen LogP contribution in [0.25, 0.3) is 0 Å². The van der Waals surface area contributed by atoms with Crippen molar-refractivity contribution in [3.05, 3.63) is 0 Å². The quantitative estimate of drug-likeness (QED) is 0.577. The minimum absolute atomic E-state index is 0. The van der Waals surface area contributed by atoms with Gasteiger partial charge in [0.1, 0.15) is 5.88 Å². The summed E-state index contributed by atoms with van der Waals surface area (Å²) in [5, 5.41) is 2.93. The highest BCUT2D eigenvalue weighted by molar-refractivity contribution is 6.27. The lowest BCUT2D eigenvalue weighted by Crippen LogP contribution is -3.00. The maximum Gasteiger partial charge on any atom is 0.237 e. The summed E-state index contributed by atoms with van der Waals surface area (Å²) in [7, 11) is 0. The van der Waals surface area contributed by atoms with Crippen LogP contribution < -0.4 is 17.7 Å². The Hall–Kier alpha value is -0.520. The zero-order valence-corrected chi connectivity index (χ0v) is 13.2. The second-order valence-corrected chi connectivity index (χ2v) is 5.86. The minimum Gasteiger partial charge on any atom is -1.00 e. The molecule has 1 fully saturated rings. The molecule has 0 saturated carbocycles. The van der Waals surface area contributed by atoms with E-state index < -0.39 is 0 Å². The molecule has 0 atom stereocenters. The molecule has 19 heavy (non-hydrogen) atoms. The average molecular weight is 311 g/mol. The Labute approximate surface area is 126 Å². The largest absolute Gasteiger partial charge is 1.00 e. The first-order valence-electron chi connectivity index (χ1n) is 6.19. The Morgan fingerprint density at radius 3 is 2.11 bits per heavy atom. The molecule has 0 aliphatic carbocycles. The number of piperazine rings is 1. The maximum absolute atomic E-state index is 11.7. The monoisotopic (exact) mass is 310 g/mol. The molecule has 1 N–H and O–H groups in total. The van der Waals surface area contributed by atoms with E-state index in [1.54, 1.807) is 4.90 Å². The number of amides is 2. The molecule has 1 rings (SSSR count). The van der Waals surface area contributed by atoms with Crippen LogP contribution in [-0.4, -0.2) is 65.8 Å². The summed E-state index contributed by atoms with van der Waals surface area (Å²) in [4.78, 5) is 26.9. The van der Waals surface area contributed by atoms with Crippen LogP contribution in [0.5, 0.6) is 0 Å². The number of halogens is 2. The van der Waals surface area contributed by atoms with E-state index in [2.05, 4.69) is 10.2 Å². The van der Waals surface area contributed by atoms with Crippen LogP contribution >= 0.6 is 11.6 Å². The van der Waals surface area contributed by atoms with Crippen molar-refractivity contribution >= 4 is 23.4 Å². The van der Waals surface area contributed by atoms with Crippen LogP contribution in [0.15, 0.2) is 0 Å². The predicted molar refractivity (Wildman–Crippen MR) is 71.6 cm³/mol. The first kappa shape index (κ1) is 18.5. The second kappa shape index (κ2) is 7.92. The van der Waals surface area contributed by atoms with Gasteiger partial charge in [-0.3, -0.25) is 14.5 Å². The summed E-state index contributed by atoms with van der Waals surface area (Å²) < 4.78 is 0. The highest BCUT2D eigenvalue weighted by atomic mass is 35.5. The van der Waals surface area contributed by atoms with Gasteiger partial charge in [0.2, 0.25) is 11.8 Å². The van der Waals surface area contributed by atoms with Crippen molar-refractivity contribution in [2.75, 3.05) is 38.6 Å². The summed E-state index contributed by atoms with van der Waals surface area (Å²) >= 11 is 5.51. The predicted octanol–water partition coefficient (Wildman–Crippen LogP) is -2.71. The van der Waals surface area contributed by atoms with E-state index in [-0.39, 0.29) is 35.6 Å². The summed E-state index contributed by atoms with van der Waals surface area (Å²) in [6, 6.07) is 0. The van der Waals surface area contributed by atoms with Crippen molar-refractivity contribution < 1.29 is 22.0 Å². The van der Waals surface area contributed by atoms with Crippen LogP contribution in [-0.2, 0) is 9.59 Å². The van der Waals surface area contributed by atoms with Gasteiger partial charge in [0.25, 0.3) is 0 Å². The van der Waals surface area contributed by atoms with Crippen LogP contribution in [0.3, 0.4) is 0 Å². The van der Waals surface area contributed by atoms with E-state index >= 15 is 0 Å². The van der Waals surface area contributed by atoms with Crippen molar-refractivity contribution in [2.24, 2.45) is 0 Å². The number of hydrogen-bond donors (Lipinski definition) is 1. The van der Waals surface area contributed by atoms with E-state index in [1.807, 2.05) is 20.8 Å². The number of rotatable bonds is 3. The van der Waals surface area contributed by atoms with E-state index in [1.165, 1.54) is 0 Å². The molecule has 0 aromatic rings. The lowest BCUT2D eigenvalue weighted by molar-refractivity contribution is -0.130. The van der Waals surface area contributed by atoms with Crippen LogP contribution in [0, 0.1) is 0 Å². The van der Waals surface area contributed by atoms with Gasteiger partial charge in [-0.15, -0.1) is 11.6 Å². The van der Waals surface area contributed by atoms with Gasteiger partial charge in [-0.2, -0.15) is 0 Å². The van der Waals surface area contributed by atoms with Crippen molar-refractivity contribution in [1.82, 2.24) is 15.1 Å². The van der Waals surface area contributed by atoms with Gasteiger partial charge in [-0.1, -0.05) is 0 Å². The van der Waals surface area contributed by atoms with E-state index in [9.17, 15) is 9.59 Å². The van der Waals surface area contributed by atoms with Crippen molar-refractivity contribution in [3.8, 4) is 0 Å². The Morgan fingerprint density at radius 1 is 1.16 bits per heavy atom. The van der Waals surface area contributed by atoms with Crippen LogP contribution in [0.4, 0.5) is 0 Å². The van der Waals surface area contributed by atoms with Gasteiger partial charge < -0.3 is 22.6 Å². The molecule has 0 radical (unpaired) electrons. The molecule has 1 saturated heterocycles. The topological polar surface area (TPSA) is 52.7 Å². The van der Waals surface area contributed by atoms with Gasteiger partial charge in [-0.05, 0) is 20.8 Å². The van der Waals surface area contributed by atoms with Gasteiger partial charge in [0.15, 0.2) is 0 Å². The normalized spacial score (nSPS) is 16.7. The molecule has 2 amide bonds. The first-order chi connectivity index (χ1) is 8.31. The molecule has 1 heterocycles. The molecular weight excluding hydrogens is 289 g/mol. The molecule has 5 nitrogen and oxygen atoms in total. The SMILES string of the molecule is CC(C)(C)NC(=O)CN1CCN(C(=O)CCl)CC1.[Cl-]. The molecule has 7 heteroatoms. The number of hydrogen-bond acceptors (Lipinski definition) is 3. The highest BCUT2D eigenvalue weighted by Gasteiger charge is 2.22. The minimum atomic E-state index is -0.201. The van der Waals surface area contributed by atoms with Crippen LogP contribution in [0.2, 0.25) is 0 Å². The van der Waals surface area contributed by atoms with E-state index in [4.69, 9.17) is 11.6 Å². The number of nitrogens with zero attached hydrogens (tertiary/aromatic N) is 2. The number of carbonyl (C=O) groups is 2. The lowest BCUT2D eigenvalue weighted by Gasteiger charge is -2.34. The Bertz CT molecular complexity index is 311. The Balaban J connectivity index is 0.00000324. The van der Waals surface area contributed by atoms with Gasteiger partial charge in [0.05, 0.1) is 6.54 Å². The molecule has 1 aliphatic rings. The van der Waals surface area contributed by atoms with Gasteiger partial charge in [0, 0.05) is 31.7 Å². The molecule has 0 spiro atoms. The fraction of sp³-hybridized carbons (Fsp3) is 0.833. The third-order valence-corrected chi connectivity index (χ3v) is 2.95. The fourth-order valence-corrected chi connectivity index (χ4v) is 2.07. The fourth-order valence-electron chi connectivity index (χ4n) is 1.90. The smallest absolute Gasteiger partial charge is 0.237 e. The molecule has 0 aromatic carbocycles. The summed E-state index contributed by atoms with van der Waals surface area (Å²) in [6.45, 7) is 9.01. The third-order valence-electron chi connectivity index (χ3n) is 2.72. The lowest BCUT2D eigenvalue weighted by atomic mass is 10.1. The van der Waals surface area contributed by atoms with Gasteiger partial charge in [-0.25, -0.2) is 0 Å². The van der Waals surface area contributed by atoms with Crippen molar-refractivity contribution in [1.29, 1.82) is 0 Å². The molecular formula is C12H22Cl2N3O2-. The Morgan fingerprint density at radius 2 is 1.68 bits per heavy atom. The maximum atomic E-state index is 11.7. The molecule has 0 aromatic heterocycles. The van der Waals surface area contributed by atoms with Crippen molar-refractivity contribution in [3.63, 3.8) is 0 Å². The molecule has 0 bridgehead atoms. The van der Waals surface area contributed by atoms with E-state index in [0.29, 0.717) is 19.6 Å². The molecule has 112 valence electrons. The zero-order chi connectivity index (χ0) is 13.8. The zero-order valence-electron chi connectivity index (χ0n) is 11.7. The highest BCUT2D eigenvalue weighted by Crippen LogP contribution is 2.04. The third kappa shape index (κ3) is 6.99.